The standard InChI is InChI=1S/C20H25N3O2/c1-20(2,3)19-21-10-9-17(23-19)22-18(24)12-14-11-16(14)13-5-7-15(25-4)8-6-13/h5-10,14,16H,11-12H2,1-4H3,(H,21,22,23,24)/t14-,16-/m0/s1. The number of amides is 1. The van der Waals surface area contributed by atoms with E-state index in [4.69, 9.17) is 4.74 Å². The van der Waals surface area contributed by atoms with Gasteiger partial charge in [0.2, 0.25) is 5.91 Å². The Hall–Kier alpha value is -2.43. The lowest BCUT2D eigenvalue weighted by atomic mass is 9.96. The van der Waals surface area contributed by atoms with E-state index in [2.05, 4.69) is 48.2 Å². The minimum absolute atomic E-state index is 0.0135. The predicted molar refractivity (Wildman–Crippen MR) is 97.8 cm³/mol. The predicted octanol–water partition coefficient (Wildman–Crippen LogP) is 3.92. The molecule has 2 atom stereocenters. The molecule has 0 unspecified atom stereocenters. The van der Waals surface area contributed by atoms with E-state index in [0.29, 0.717) is 24.1 Å². The normalized spacial score (nSPS) is 19.4. The summed E-state index contributed by atoms with van der Waals surface area (Å²) in [5, 5.41) is 2.91. The third kappa shape index (κ3) is 4.35. The van der Waals surface area contributed by atoms with E-state index in [9.17, 15) is 4.79 Å². The van der Waals surface area contributed by atoms with Gasteiger partial charge in [0.15, 0.2) is 0 Å². The summed E-state index contributed by atoms with van der Waals surface area (Å²) in [6.45, 7) is 6.16. The van der Waals surface area contributed by atoms with Crippen LogP contribution in [0.4, 0.5) is 5.82 Å². The van der Waals surface area contributed by atoms with Gasteiger partial charge in [0.25, 0.3) is 0 Å². The summed E-state index contributed by atoms with van der Waals surface area (Å²) in [5.74, 6) is 3.04. The second-order valence-corrected chi connectivity index (χ2v) is 7.64. The Kier molecular flexibility index (Phi) is 4.75. The highest BCUT2D eigenvalue weighted by atomic mass is 16.5. The molecule has 0 spiro atoms. The van der Waals surface area contributed by atoms with Crippen molar-refractivity contribution in [2.45, 2.75) is 44.9 Å². The summed E-state index contributed by atoms with van der Waals surface area (Å²) in [6, 6.07) is 9.85. The van der Waals surface area contributed by atoms with Crippen molar-refractivity contribution in [1.82, 2.24) is 9.97 Å². The third-order valence-corrected chi connectivity index (χ3v) is 4.51. The monoisotopic (exact) mass is 339 g/mol. The fourth-order valence-corrected chi connectivity index (χ4v) is 2.95. The zero-order valence-corrected chi connectivity index (χ0v) is 15.2. The summed E-state index contributed by atoms with van der Waals surface area (Å²) in [6.07, 6.45) is 3.27. The van der Waals surface area contributed by atoms with Crippen molar-refractivity contribution in [3.8, 4) is 5.75 Å². The smallest absolute Gasteiger partial charge is 0.225 e. The summed E-state index contributed by atoms with van der Waals surface area (Å²) in [7, 11) is 1.66. The van der Waals surface area contributed by atoms with Gasteiger partial charge in [0.05, 0.1) is 7.11 Å². The second kappa shape index (κ2) is 6.82. The number of nitrogens with one attached hydrogen (secondary N) is 1. The van der Waals surface area contributed by atoms with E-state index in [-0.39, 0.29) is 11.3 Å². The Morgan fingerprint density at radius 2 is 1.96 bits per heavy atom. The van der Waals surface area contributed by atoms with Crippen LogP contribution >= 0.6 is 0 Å². The molecule has 1 N–H and O–H groups in total. The number of benzene rings is 1. The number of anilines is 1. The number of nitrogens with zero attached hydrogens (tertiary/aromatic N) is 2. The maximum Gasteiger partial charge on any atom is 0.225 e. The molecule has 1 heterocycles. The molecule has 0 aliphatic heterocycles. The molecule has 1 aliphatic rings. The minimum atomic E-state index is -0.142. The molecular weight excluding hydrogens is 314 g/mol. The molecular formula is C20H25N3O2. The fourth-order valence-electron chi connectivity index (χ4n) is 2.95. The van der Waals surface area contributed by atoms with Crippen LogP contribution in [0.5, 0.6) is 5.75 Å². The highest BCUT2D eigenvalue weighted by Gasteiger charge is 2.39. The van der Waals surface area contributed by atoms with Gasteiger partial charge in [0.1, 0.15) is 17.4 Å². The molecule has 25 heavy (non-hydrogen) atoms. The zero-order valence-electron chi connectivity index (χ0n) is 15.2. The van der Waals surface area contributed by atoms with Gasteiger partial charge in [-0.3, -0.25) is 4.79 Å². The number of carbonyl (C=O) groups is 1. The first-order chi connectivity index (χ1) is 11.9. The van der Waals surface area contributed by atoms with E-state index in [1.54, 1.807) is 19.4 Å². The number of hydrogen-bond acceptors (Lipinski definition) is 4. The van der Waals surface area contributed by atoms with Crippen molar-refractivity contribution in [3.05, 3.63) is 47.9 Å². The maximum atomic E-state index is 12.3. The van der Waals surface area contributed by atoms with Crippen molar-refractivity contribution in [3.63, 3.8) is 0 Å². The number of carbonyl (C=O) groups excluding carboxylic acids is 1. The zero-order chi connectivity index (χ0) is 18.0. The SMILES string of the molecule is COc1ccc([C@@H]2C[C@H]2CC(=O)Nc2ccnc(C(C)(C)C)n2)cc1. The topological polar surface area (TPSA) is 64.1 Å². The molecule has 0 radical (unpaired) electrons. The van der Waals surface area contributed by atoms with Gasteiger partial charge in [-0.15, -0.1) is 0 Å². The van der Waals surface area contributed by atoms with Gasteiger partial charge < -0.3 is 10.1 Å². The molecule has 3 rings (SSSR count). The molecule has 1 aromatic heterocycles. The van der Waals surface area contributed by atoms with Crippen molar-refractivity contribution < 1.29 is 9.53 Å². The number of methoxy groups -OCH3 is 1. The largest absolute Gasteiger partial charge is 0.497 e. The van der Waals surface area contributed by atoms with Crippen LogP contribution in [-0.4, -0.2) is 23.0 Å². The van der Waals surface area contributed by atoms with Crippen LogP contribution in [-0.2, 0) is 10.2 Å². The number of aromatic nitrogens is 2. The Balaban J connectivity index is 1.55. The maximum absolute atomic E-state index is 12.3. The minimum Gasteiger partial charge on any atom is -0.497 e. The molecule has 1 fully saturated rings. The van der Waals surface area contributed by atoms with E-state index in [0.717, 1.165) is 18.0 Å². The van der Waals surface area contributed by atoms with Gasteiger partial charge >= 0.3 is 0 Å². The fraction of sp³-hybridized carbons (Fsp3) is 0.450. The van der Waals surface area contributed by atoms with Crippen molar-refractivity contribution in [1.29, 1.82) is 0 Å². The Morgan fingerprint density at radius 3 is 2.60 bits per heavy atom. The molecule has 5 heteroatoms. The van der Waals surface area contributed by atoms with Gasteiger partial charge in [-0.05, 0) is 42.0 Å². The lowest BCUT2D eigenvalue weighted by Gasteiger charge is -2.16. The van der Waals surface area contributed by atoms with Crippen LogP contribution in [0.3, 0.4) is 0 Å². The van der Waals surface area contributed by atoms with Crippen LogP contribution < -0.4 is 10.1 Å². The molecule has 5 nitrogen and oxygen atoms in total. The van der Waals surface area contributed by atoms with Crippen LogP contribution in [0.2, 0.25) is 0 Å². The number of ether oxygens (including phenoxy) is 1. The summed E-state index contributed by atoms with van der Waals surface area (Å²) < 4.78 is 5.18. The van der Waals surface area contributed by atoms with E-state index < -0.39 is 0 Å². The van der Waals surface area contributed by atoms with Crippen LogP contribution in [0.1, 0.15) is 50.9 Å². The third-order valence-electron chi connectivity index (χ3n) is 4.51. The van der Waals surface area contributed by atoms with E-state index in [1.807, 2.05) is 12.1 Å². The number of rotatable bonds is 5. The van der Waals surface area contributed by atoms with Crippen LogP contribution in [0.15, 0.2) is 36.5 Å². The second-order valence-electron chi connectivity index (χ2n) is 7.64. The lowest BCUT2D eigenvalue weighted by molar-refractivity contribution is -0.116. The van der Waals surface area contributed by atoms with Gasteiger partial charge in [-0.25, -0.2) is 9.97 Å². The molecule has 2 aromatic rings. The molecule has 132 valence electrons. The van der Waals surface area contributed by atoms with Gasteiger partial charge in [-0.1, -0.05) is 32.9 Å². The Morgan fingerprint density at radius 1 is 1.24 bits per heavy atom. The summed E-state index contributed by atoms with van der Waals surface area (Å²) in [4.78, 5) is 21.0. The first kappa shape index (κ1) is 17.4. The van der Waals surface area contributed by atoms with Crippen molar-refractivity contribution >= 4 is 11.7 Å². The molecule has 1 aliphatic carbocycles. The molecule has 0 saturated heterocycles. The highest BCUT2D eigenvalue weighted by molar-refractivity contribution is 5.90. The highest BCUT2D eigenvalue weighted by Crippen LogP contribution is 2.49. The van der Waals surface area contributed by atoms with Gasteiger partial charge in [-0.2, -0.15) is 0 Å². The summed E-state index contributed by atoms with van der Waals surface area (Å²) >= 11 is 0. The molecule has 1 aromatic carbocycles. The van der Waals surface area contributed by atoms with Crippen LogP contribution in [0, 0.1) is 5.92 Å². The summed E-state index contributed by atoms with van der Waals surface area (Å²) in [5.41, 5.74) is 1.13. The molecule has 1 amide bonds. The quantitative estimate of drug-likeness (QED) is 0.897. The molecule has 0 bridgehead atoms. The van der Waals surface area contributed by atoms with Gasteiger partial charge in [0, 0.05) is 18.0 Å². The Bertz CT molecular complexity index is 750. The number of hydrogen-bond donors (Lipinski definition) is 1. The van der Waals surface area contributed by atoms with Crippen LogP contribution in [0.25, 0.3) is 0 Å². The van der Waals surface area contributed by atoms with E-state index in [1.165, 1.54) is 5.56 Å². The molecule has 1 saturated carbocycles. The van der Waals surface area contributed by atoms with Crippen molar-refractivity contribution in [2.75, 3.05) is 12.4 Å². The average Bonchev–Trinajstić information content (AvgIpc) is 3.33. The van der Waals surface area contributed by atoms with Crippen molar-refractivity contribution in [2.24, 2.45) is 5.92 Å². The van der Waals surface area contributed by atoms with E-state index >= 15 is 0 Å². The first-order valence-corrected chi connectivity index (χ1v) is 8.64. The average molecular weight is 339 g/mol. The lowest BCUT2D eigenvalue weighted by Crippen LogP contribution is -2.19. The first-order valence-electron chi connectivity index (χ1n) is 8.64. The Labute approximate surface area is 148 Å².